The van der Waals surface area contributed by atoms with E-state index < -0.39 is 0 Å². The van der Waals surface area contributed by atoms with Gasteiger partial charge in [0.05, 0.1) is 0 Å². The number of benzene rings is 1. The van der Waals surface area contributed by atoms with E-state index in [4.69, 9.17) is 5.73 Å². The number of aromatic nitrogens is 6. The second-order valence-electron chi connectivity index (χ2n) is 4.84. The van der Waals surface area contributed by atoms with Crippen molar-refractivity contribution in [1.82, 2.24) is 30.2 Å². The van der Waals surface area contributed by atoms with Gasteiger partial charge in [0.1, 0.15) is 0 Å². The van der Waals surface area contributed by atoms with Crippen molar-refractivity contribution in [1.29, 1.82) is 0 Å². The molecule has 1 atom stereocenters. The number of tetrazole rings is 1. The van der Waals surface area contributed by atoms with E-state index in [9.17, 15) is 0 Å². The first kappa shape index (κ1) is 13.3. The fourth-order valence-corrected chi connectivity index (χ4v) is 1.93. The monoisotopic (exact) mass is 281 g/mol. The Labute approximate surface area is 121 Å². The van der Waals surface area contributed by atoms with Crippen LogP contribution in [0.2, 0.25) is 0 Å². The lowest BCUT2D eigenvalue weighted by Crippen LogP contribution is -2.18. The summed E-state index contributed by atoms with van der Waals surface area (Å²) < 4.78 is 0. The number of nitrogens with zero attached hydrogens (tertiary/aromatic N) is 6. The second-order valence-corrected chi connectivity index (χ2v) is 4.84. The van der Waals surface area contributed by atoms with Gasteiger partial charge < -0.3 is 5.73 Å². The Morgan fingerprint density at radius 1 is 1.14 bits per heavy atom. The van der Waals surface area contributed by atoms with Gasteiger partial charge in [-0.3, -0.25) is 0 Å². The van der Waals surface area contributed by atoms with Crippen molar-refractivity contribution in [3.8, 4) is 17.3 Å². The number of nitrogens with two attached hydrogens (primary N) is 1. The van der Waals surface area contributed by atoms with Gasteiger partial charge in [0.15, 0.2) is 0 Å². The highest BCUT2D eigenvalue weighted by Crippen LogP contribution is 2.12. The minimum atomic E-state index is 0.0774. The van der Waals surface area contributed by atoms with Crippen LogP contribution in [0.5, 0.6) is 0 Å². The molecule has 2 aromatic heterocycles. The van der Waals surface area contributed by atoms with E-state index in [0.717, 1.165) is 17.5 Å². The maximum absolute atomic E-state index is 5.75. The van der Waals surface area contributed by atoms with Crippen LogP contribution in [0, 0.1) is 0 Å². The lowest BCUT2D eigenvalue weighted by molar-refractivity contribution is 0.671. The standard InChI is InChI=1S/C14H15N7/c1-10(15)7-11-8-16-14(17-9-11)21-19-13(18-20-21)12-5-3-2-4-6-12/h2-6,8-10H,7,15H2,1H3. The molecule has 1 aromatic carbocycles. The van der Waals surface area contributed by atoms with Crippen molar-refractivity contribution in [3.05, 3.63) is 48.3 Å². The normalized spacial score (nSPS) is 12.3. The van der Waals surface area contributed by atoms with Crippen LogP contribution in [-0.4, -0.2) is 36.2 Å². The summed E-state index contributed by atoms with van der Waals surface area (Å²) in [6, 6.07) is 9.72. The third-order valence-corrected chi connectivity index (χ3v) is 2.87. The fourth-order valence-electron chi connectivity index (χ4n) is 1.93. The zero-order chi connectivity index (χ0) is 14.7. The minimum absolute atomic E-state index is 0.0774. The molecule has 0 amide bonds. The van der Waals surface area contributed by atoms with Crippen molar-refractivity contribution in [2.24, 2.45) is 5.73 Å². The molecule has 7 nitrogen and oxygen atoms in total. The zero-order valence-electron chi connectivity index (χ0n) is 11.6. The van der Waals surface area contributed by atoms with Crippen molar-refractivity contribution in [2.75, 3.05) is 0 Å². The van der Waals surface area contributed by atoms with E-state index in [1.54, 1.807) is 12.4 Å². The van der Waals surface area contributed by atoms with Gasteiger partial charge in [-0.15, -0.1) is 10.2 Å². The maximum Gasteiger partial charge on any atom is 0.270 e. The molecule has 0 saturated carbocycles. The van der Waals surface area contributed by atoms with Crippen molar-refractivity contribution in [3.63, 3.8) is 0 Å². The summed E-state index contributed by atoms with van der Waals surface area (Å²) in [4.78, 5) is 9.80. The molecule has 106 valence electrons. The molecular formula is C14H15N7. The Morgan fingerprint density at radius 3 is 2.52 bits per heavy atom. The first-order valence-electron chi connectivity index (χ1n) is 6.64. The quantitative estimate of drug-likeness (QED) is 0.766. The van der Waals surface area contributed by atoms with Crippen molar-refractivity contribution < 1.29 is 0 Å². The third-order valence-electron chi connectivity index (χ3n) is 2.87. The molecule has 3 rings (SSSR count). The molecule has 2 heterocycles. The van der Waals surface area contributed by atoms with Crippen molar-refractivity contribution in [2.45, 2.75) is 19.4 Å². The van der Waals surface area contributed by atoms with Crippen LogP contribution in [-0.2, 0) is 6.42 Å². The predicted molar refractivity (Wildman–Crippen MR) is 77.5 cm³/mol. The highest BCUT2D eigenvalue weighted by molar-refractivity contribution is 5.53. The van der Waals surface area contributed by atoms with E-state index in [1.165, 1.54) is 4.80 Å². The number of hydrogen-bond donors (Lipinski definition) is 1. The number of hydrogen-bond acceptors (Lipinski definition) is 6. The molecule has 21 heavy (non-hydrogen) atoms. The van der Waals surface area contributed by atoms with Gasteiger partial charge in [-0.25, -0.2) is 9.97 Å². The Bertz CT molecular complexity index is 704. The summed E-state index contributed by atoms with van der Waals surface area (Å²) in [5, 5.41) is 12.3. The van der Waals surface area contributed by atoms with Gasteiger partial charge in [-0.2, -0.15) is 0 Å². The largest absolute Gasteiger partial charge is 0.328 e. The predicted octanol–water partition coefficient (Wildman–Crippen LogP) is 1.01. The fraction of sp³-hybridized carbons (Fsp3) is 0.214. The zero-order valence-corrected chi connectivity index (χ0v) is 11.6. The van der Waals surface area contributed by atoms with Crippen molar-refractivity contribution >= 4 is 0 Å². The lowest BCUT2D eigenvalue weighted by Gasteiger charge is -2.04. The Balaban J connectivity index is 1.83. The van der Waals surface area contributed by atoms with Crippen LogP contribution in [0.15, 0.2) is 42.7 Å². The molecule has 0 aliphatic heterocycles. The first-order chi connectivity index (χ1) is 10.2. The Morgan fingerprint density at radius 2 is 1.86 bits per heavy atom. The molecule has 0 radical (unpaired) electrons. The van der Waals surface area contributed by atoms with Crippen LogP contribution >= 0.6 is 0 Å². The van der Waals surface area contributed by atoms with Gasteiger partial charge in [0.25, 0.3) is 5.95 Å². The smallest absolute Gasteiger partial charge is 0.270 e. The molecule has 3 aromatic rings. The molecule has 2 N–H and O–H groups in total. The lowest BCUT2D eigenvalue weighted by atomic mass is 10.1. The molecule has 0 aliphatic rings. The van der Waals surface area contributed by atoms with Gasteiger partial charge in [-0.1, -0.05) is 35.1 Å². The van der Waals surface area contributed by atoms with E-state index in [1.807, 2.05) is 37.3 Å². The van der Waals surface area contributed by atoms with Crippen LogP contribution in [0.3, 0.4) is 0 Å². The Kier molecular flexibility index (Phi) is 3.65. The summed E-state index contributed by atoms with van der Waals surface area (Å²) >= 11 is 0. The summed E-state index contributed by atoms with van der Waals surface area (Å²) in [6.45, 7) is 1.94. The topological polar surface area (TPSA) is 95.4 Å². The van der Waals surface area contributed by atoms with Crippen LogP contribution < -0.4 is 5.73 Å². The average Bonchev–Trinajstić information content (AvgIpc) is 2.98. The number of rotatable bonds is 4. The van der Waals surface area contributed by atoms with Gasteiger partial charge in [0.2, 0.25) is 5.82 Å². The SMILES string of the molecule is CC(N)Cc1cnc(-n2nnc(-c3ccccc3)n2)nc1. The van der Waals surface area contributed by atoms with Crippen LogP contribution in [0.25, 0.3) is 17.3 Å². The minimum Gasteiger partial charge on any atom is -0.328 e. The summed E-state index contributed by atoms with van der Waals surface area (Å²) in [6.07, 6.45) is 4.20. The van der Waals surface area contributed by atoms with Gasteiger partial charge in [0, 0.05) is 24.0 Å². The molecule has 0 aliphatic carbocycles. The van der Waals surface area contributed by atoms with Gasteiger partial charge in [-0.05, 0) is 24.1 Å². The van der Waals surface area contributed by atoms with E-state index in [-0.39, 0.29) is 6.04 Å². The van der Waals surface area contributed by atoms with E-state index >= 15 is 0 Å². The maximum atomic E-state index is 5.75. The average molecular weight is 281 g/mol. The highest BCUT2D eigenvalue weighted by atomic mass is 15.6. The molecule has 0 saturated heterocycles. The van der Waals surface area contributed by atoms with E-state index in [2.05, 4.69) is 25.4 Å². The molecule has 7 heteroatoms. The molecule has 0 spiro atoms. The summed E-state index contributed by atoms with van der Waals surface area (Å²) in [5.74, 6) is 0.928. The Hall–Kier alpha value is -2.67. The molecular weight excluding hydrogens is 266 g/mol. The molecule has 1 unspecified atom stereocenters. The van der Waals surface area contributed by atoms with Crippen LogP contribution in [0.1, 0.15) is 12.5 Å². The van der Waals surface area contributed by atoms with Gasteiger partial charge >= 0.3 is 0 Å². The van der Waals surface area contributed by atoms with E-state index in [0.29, 0.717) is 11.8 Å². The third kappa shape index (κ3) is 3.09. The summed E-state index contributed by atoms with van der Waals surface area (Å²) in [7, 11) is 0. The summed E-state index contributed by atoms with van der Waals surface area (Å²) in [5.41, 5.74) is 7.63. The first-order valence-corrected chi connectivity index (χ1v) is 6.64. The second kappa shape index (κ2) is 5.76. The molecule has 0 fully saturated rings. The van der Waals surface area contributed by atoms with Crippen LogP contribution in [0.4, 0.5) is 0 Å². The molecule has 0 bridgehead atoms. The highest BCUT2D eigenvalue weighted by Gasteiger charge is 2.09.